The number of amides is 1. The van der Waals surface area contributed by atoms with Gasteiger partial charge in [-0.15, -0.1) is 0 Å². The standard InChI is InChI=1S/C20H23N5O/c1-3-9-21-19(26)18-10-16(14-25(18)2)17-12-23-20(24-13-17)22-11-15-7-5-4-6-8-15/h4-8,10,12-14H,3,9,11H2,1-2H3,(H,21,26)(H,22,23,24). The topological polar surface area (TPSA) is 71.8 Å². The molecule has 0 saturated carbocycles. The Balaban J connectivity index is 1.67. The maximum absolute atomic E-state index is 12.2. The lowest BCUT2D eigenvalue weighted by molar-refractivity contribution is 0.0945. The molecule has 0 spiro atoms. The van der Waals surface area contributed by atoms with Gasteiger partial charge in [0.2, 0.25) is 5.95 Å². The van der Waals surface area contributed by atoms with E-state index >= 15 is 0 Å². The van der Waals surface area contributed by atoms with E-state index in [1.807, 2.05) is 49.0 Å². The first-order valence-electron chi connectivity index (χ1n) is 8.72. The summed E-state index contributed by atoms with van der Waals surface area (Å²) < 4.78 is 1.82. The number of anilines is 1. The highest BCUT2D eigenvalue weighted by Gasteiger charge is 2.12. The second-order valence-corrected chi connectivity index (χ2v) is 6.12. The Labute approximate surface area is 153 Å². The third-order valence-electron chi connectivity index (χ3n) is 4.05. The van der Waals surface area contributed by atoms with Gasteiger partial charge in [0.05, 0.1) is 0 Å². The summed E-state index contributed by atoms with van der Waals surface area (Å²) in [4.78, 5) is 20.9. The number of rotatable bonds is 7. The van der Waals surface area contributed by atoms with Crippen molar-refractivity contribution in [3.05, 3.63) is 66.2 Å². The van der Waals surface area contributed by atoms with Gasteiger partial charge in [0.25, 0.3) is 5.91 Å². The van der Waals surface area contributed by atoms with Crippen molar-refractivity contribution in [3.8, 4) is 11.1 Å². The van der Waals surface area contributed by atoms with Crippen LogP contribution in [0.25, 0.3) is 11.1 Å². The second-order valence-electron chi connectivity index (χ2n) is 6.12. The molecule has 26 heavy (non-hydrogen) atoms. The van der Waals surface area contributed by atoms with Crippen LogP contribution in [0.4, 0.5) is 5.95 Å². The molecule has 6 heteroatoms. The smallest absolute Gasteiger partial charge is 0.267 e. The number of carbonyl (C=O) groups excluding carboxylic acids is 1. The fourth-order valence-corrected chi connectivity index (χ4v) is 2.62. The van der Waals surface area contributed by atoms with Crippen molar-refractivity contribution in [2.45, 2.75) is 19.9 Å². The Morgan fingerprint density at radius 1 is 1.12 bits per heavy atom. The SMILES string of the molecule is CCCNC(=O)c1cc(-c2cnc(NCc3ccccc3)nc2)cn1C. The molecule has 2 aromatic heterocycles. The van der Waals surface area contributed by atoms with Crippen molar-refractivity contribution >= 4 is 11.9 Å². The zero-order valence-electron chi connectivity index (χ0n) is 15.1. The van der Waals surface area contributed by atoms with E-state index in [4.69, 9.17) is 0 Å². The number of aromatic nitrogens is 3. The Kier molecular flexibility index (Phi) is 5.63. The number of hydrogen-bond acceptors (Lipinski definition) is 4. The first kappa shape index (κ1) is 17.7. The van der Waals surface area contributed by atoms with E-state index in [0.717, 1.165) is 17.5 Å². The molecule has 0 unspecified atom stereocenters. The van der Waals surface area contributed by atoms with Gasteiger partial charge >= 0.3 is 0 Å². The lowest BCUT2D eigenvalue weighted by atomic mass is 10.2. The Morgan fingerprint density at radius 2 is 1.85 bits per heavy atom. The van der Waals surface area contributed by atoms with E-state index in [1.54, 1.807) is 12.4 Å². The van der Waals surface area contributed by atoms with Crippen LogP contribution in [0, 0.1) is 0 Å². The van der Waals surface area contributed by atoms with E-state index in [1.165, 1.54) is 5.56 Å². The summed E-state index contributed by atoms with van der Waals surface area (Å²) in [5, 5.41) is 6.10. The summed E-state index contributed by atoms with van der Waals surface area (Å²) >= 11 is 0. The summed E-state index contributed by atoms with van der Waals surface area (Å²) in [7, 11) is 1.86. The summed E-state index contributed by atoms with van der Waals surface area (Å²) in [6, 6.07) is 12.0. The van der Waals surface area contributed by atoms with Gasteiger partial charge < -0.3 is 15.2 Å². The van der Waals surface area contributed by atoms with Gasteiger partial charge in [-0.25, -0.2) is 9.97 Å². The van der Waals surface area contributed by atoms with Crippen LogP contribution < -0.4 is 10.6 Å². The van der Waals surface area contributed by atoms with Gasteiger partial charge in [0.1, 0.15) is 5.69 Å². The molecule has 0 bridgehead atoms. The van der Waals surface area contributed by atoms with Crippen molar-refractivity contribution in [2.24, 2.45) is 7.05 Å². The van der Waals surface area contributed by atoms with Crippen molar-refractivity contribution < 1.29 is 4.79 Å². The van der Waals surface area contributed by atoms with E-state index < -0.39 is 0 Å². The first-order chi connectivity index (χ1) is 12.7. The van der Waals surface area contributed by atoms with Crippen molar-refractivity contribution in [3.63, 3.8) is 0 Å². The summed E-state index contributed by atoms with van der Waals surface area (Å²) in [5.41, 5.74) is 3.59. The number of aryl methyl sites for hydroxylation is 1. The molecule has 0 fully saturated rings. The van der Waals surface area contributed by atoms with E-state index in [-0.39, 0.29) is 5.91 Å². The molecule has 1 aromatic carbocycles. The number of benzene rings is 1. The molecule has 134 valence electrons. The molecule has 2 N–H and O–H groups in total. The minimum atomic E-state index is -0.0670. The molecule has 0 aliphatic heterocycles. The predicted octanol–water partition coefficient (Wildman–Crippen LogP) is 3.23. The third-order valence-corrected chi connectivity index (χ3v) is 4.05. The van der Waals surface area contributed by atoms with Crippen LogP contribution in [0.15, 0.2) is 55.0 Å². The molecule has 1 amide bonds. The Hall–Kier alpha value is -3.15. The molecule has 0 aliphatic rings. The van der Waals surface area contributed by atoms with E-state index in [2.05, 4.69) is 32.7 Å². The van der Waals surface area contributed by atoms with Gasteiger partial charge in [0.15, 0.2) is 0 Å². The molecule has 3 rings (SSSR count). The third kappa shape index (κ3) is 4.27. The molecule has 6 nitrogen and oxygen atoms in total. The van der Waals surface area contributed by atoms with Gasteiger partial charge in [-0.3, -0.25) is 4.79 Å². The first-order valence-corrected chi connectivity index (χ1v) is 8.72. The number of hydrogen-bond donors (Lipinski definition) is 2. The van der Waals surface area contributed by atoms with E-state index in [0.29, 0.717) is 24.7 Å². The highest BCUT2D eigenvalue weighted by Crippen LogP contribution is 2.21. The molecular formula is C20H23N5O. The van der Waals surface area contributed by atoms with Gasteiger partial charge in [-0.05, 0) is 18.1 Å². The number of carbonyl (C=O) groups is 1. The van der Waals surface area contributed by atoms with Crippen LogP contribution >= 0.6 is 0 Å². The van der Waals surface area contributed by atoms with Crippen LogP contribution in [0.1, 0.15) is 29.4 Å². The molecule has 0 radical (unpaired) electrons. The average Bonchev–Trinajstić information content (AvgIpc) is 3.07. The van der Waals surface area contributed by atoms with E-state index in [9.17, 15) is 4.79 Å². The largest absolute Gasteiger partial charge is 0.351 e. The molecule has 0 saturated heterocycles. The average molecular weight is 349 g/mol. The monoisotopic (exact) mass is 349 g/mol. The van der Waals surface area contributed by atoms with Crippen LogP contribution in [0.2, 0.25) is 0 Å². The lowest BCUT2D eigenvalue weighted by Gasteiger charge is -2.05. The number of nitrogens with one attached hydrogen (secondary N) is 2. The fraction of sp³-hybridized carbons (Fsp3) is 0.250. The minimum absolute atomic E-state index is 0.0670. The van der Waals surface area contributed by atoms with Crippen molar-refractivity contribution in [1.29, 1.82) is 0 Å². The lowest BCUT2D eigenvalue weighted by Crippen LogP contribution is -2.25. The molecule has 0 atom stereocenters. The molecule has 3 aromatic rings. The predicted molar refractivity (Wildman–Crippen MR) is 103 cm³/mol. The Bertz CT molecular complexity index is 856. The molecule has 2 heterocycles. The quantitative estimate of drug-likeness (QED) is 0.687. The van der Waals surface area contributed by atoms with Crippen LogP contribution in [-0.2, 0) is 13.6 Å². The normalized spacial score (nSPS) is 10.5. The maximum Gasteiger partial charge on any atom is 0.267 e. The molecular weight excluding hydrogens is 326 g/mol. The van der Waals surface area contributed by atoms with Crippen molar-refractivity contribution in [1.82, 2.24) is 19.9 Å². The van der Waals surface area contributed by atoms with Crippen LogP contribution in [0.3, 0.4) is 0 Å². The van der Waals surface area contributed by atoms with Gasteiger partial charge in [0, 0.05) is 49.9 Å². The zero-order valence-corrected chi connectivity index (χ0v) is 15.1. The Morgan fingerprint density at radius 3 is 2.54 bits per heavy atom. The van der Waals surface area contributed by atoms with Crippen molar-refractivity contribution in [2.75, 3.05) is 11.9 Å². The summed E-state index contributed by atoms with van der Waals surface area (Å²) in [6.07, 6.45) is 6.36. The summed E-state index contributed by atoms with van der Waals surface area (Å²) in [5.74, 6) is 0.511. The van der Waals surface area contributed by atoms with Crippen LogP contribution in [0.5, 0.6) is 0 Å². The second kappa shape index (κ2) is 8.29. The van der Waals surface area contributed by atoms with Gasteiger partial charge in [-0.2, -0.15) is 0 Å². The zero-order chi connectivity index (χ0) is 18.4. The van der Waals surface area contributed by atoms with Crippen LogP contribution in [-0.4, -0.2) is 27.0 Å². The fourth-order valence-electron chi connectivity index (χ4n) is 2.62. The number of nitrogens with zero attached hydrogens (tertiary/aromatic N) is 3. The highest BCUT2D eigenvalue weighted by atomic mass is 16.1. The minimum Gasteiger partial charge on any atom is -0.351 e. The molecule has 0 aliphatic carbocycles. The van der Waals surface area contributed by atoms with Gasteiger partial charge in [-0.1, -0.05) is 37.3 Å². The summed E-state index contributed by atoms with van der Waals surface area (Å²) in [6.45, 7) is 3.37. The maximum atomic E-state index is 12.2. The highest BCUT2D eigenvalue weighted by molar-refractivity contribution is 5.94.